The molecule has 3 N–H and O–H groups in total. The molecule has 0 aromatic rings. The molecule has 1 fully saturated rings. The van der Waals surface area contributed by atoms with Crippen molar-refractivity contribution in [1.82, 2.24) is 0 Å². The van der Waals surface area contributed by atoms with Crippen molar-refractivity contribution in [2.75, 3.05) is 6.61 Å². The summed E-state index contributed by atoms with van der Waals surface area (Å²) >= 11 is 0. The van der Waals surface area contributed by atoms with Crippen LogP contribution in [0.2, 0.25) is 0 Å². The number of aliphatic hydroxyl groups excluding tert-OH is 3. The Kier molecular flexibility index (Phi) is 2.72. The van der Waals surface area contributed by atoms with E-state index in [0.29, 0.717) is 12.8 Å². The molecule has 78 valence electrons. The Labute approximate surface area is 79.4 Å². The van der Waals surface area contributed by atoms with Gasteiger partial charge in [0.05, 0.1) is 18.8 Å². The average molecular weight is 188 g/mol. The highest BCUT2D eigenvalue weighted by atomic mass is 16.3. The minimum atomic E-state index is -0.597. The molecule has 0 amide bonds. The van der Waals surface area contributed by atoms with Crippen molar-refractivity contribution in [3.63, 3.8) is 0 Å². The van der Waals surface area contributed by atoms with Crippen LogP contribution in [0, 0.1) is 10.8 Å². The Hall–Kier alpha value is -0.120. The SMILES string of the molecule is CC1(C)CC(C)(CO)C(O)CC1O. The van der Waals surface area contributed by atoms with E-state index in [4.69, 9.17) is 0 Å². The Morgan fingerprint density at radius 1 is 1.15 bits per heavy atom. The highest BCUT2D eigenvalue weighted by molar-refractivity contribution is 4.97. The van der Waals surface area contributed by atoms with Crippen LogP contribution in [-0.2, 0) is 0 Å². The molecule has 1 saturated carbocycles. The van der Waals surface area contributed by atoms with Crippen LogP contribution in [0.5, 0.6) is 0 Å². The highest BCUT2D eigenvalue weighted by Crippen LogP contribution is 2.45. The first-order valence-corrected chi connectivity index (χ1v) is 4.79. The average Bonchev–Trinajstić information content (AvgIpc) is 2.01. The number of hydrogen-bond acceptors (Lipinski definition) is 3. The number of rotatable bonds is 1. The molecular weight excluding hydrogens is 168 g/mol. The first-order valence-electron chi connectivity index (χ1n) is 4.79. The molecule has 3 atom stereocenters. The minimum absolute atomic E-state index is 0.0235. The summed E-state index contributed by atoms with van der Waals surface area (Å²) in [6.07, 6.45) is -0.0502. The van der Waals surface area contributed by atoms with Gasteiger partial charge in [0.2, 0.25) is 0 Å². The standard InChI is InChI=1S/C10H20O3/c1-9(2)5-10(3,6-11)8(13)4-7(9)12/h7-8,11-13H,4-6H2,1-3H3. The van der Waals surface area contributed by atoms with Crippen molar-refractivity contribution >= 4 is 0 Å². The fraction of sp³-hybridized carbons (Fsp3) is 1.00. The van der Waals surface area contributed by atoms with Crippen LogP contribution in [0.1, 0.15) is 33.6 Å². The summed E-state index contributed by atoms with van der Waals surface area (Å²) in [6, 6.07) is 0. The van der Waals surface area contributed by atoms with E-state index in [2.05, 4.69) is 0 Å². The molecular formula is C10H20O3. The topological polar surface area (TPSA) is 60.7 Å². The fourth-order valence-corrected chi connectivity index (χ4v) is 2.25. The van der Waals surface area contributed by atoms with Gasteiger partial charge in [0.15, 0.2) is 0 Å². The third-order valence-electron chi connectivity index (χ3n) is 3.37. The molecule has 13 heavy (non-hydrogen) atoms. The molecule has 1 aliphatic rings. The van der Waals surface area contributed by atoms with Crippen LogP contribution >= 0.6 is 0 Å². The van der Waals surface area contributed by atoms with Gasteiger partial charge in [-0.15, -0.1) is 0 Å². The zero-order chi connectivity index (χ0) is 10.3. The first kappa shape index (κ1) is 11.0. The van der Waals surface area contributed by atoms with Gasteiger partial charge in [-0.05, 0) is 11.8 Å². The lowest BCUT2D eigenvalue weighted by atomic mass is 9.62. The van der Waals surface area contributed by atoms with Crippen LogP contribution in [-0.4, -0.2) is 34.1 Å². The van der Waals surface area contributed by atoms with Crippen molar-refractivity contribution in [3.8, 4) is 0 Å². The van der Waals surface area contributed by atoms with Crippen LogP contribution < -0.4 is 0 Å². The van der Waals surface area contributed by atoms with Gasteiger partial charge in [-0.1, -0.05) is 20.8 Å². The molecule has 3 heteroatoms. The van der Waals surface area contributed by atoms with Crippen molar-refractivity contribution in [1.29, 1.82) is 0 Å². The maximum absolute atomic E-state index is 9.71. The van der Waals surface area contributed by atoms with Crippen molar-refractivity contribution in [3.05, 3.63) is 0 Å². The van der Waals surface area contributed by atoms with Gasteiger partial charge in [-0.2, -0.15) is 0 Å². The second kappa shape index (κ2) is 3.23. The molecule has 3 nitrogen and oxygen atoms in total. The Bertz CT molecular complexity index is 191. The monoisotopic (exact) mass is 188 g/mol. The summed E-state index contributed by atoms with van der Waals surface area (Å²) in [5.74, 6) is 0. The molecule has 3 unspecified atom stereocenters. The van der Waals surface area contributed by atoms with Gasteiger partial charge in [0, 0.05) is 11.8 Å². The second-order valence-electron chi connectivity index (χ2n) is 5.24. The van der Waals surface area contributed by atoms with Crippen LogP contribution in [0.4, 0.5) is 0 Å². The lowest BCUT2D eigenvalue weighted by Gasteiger charge is -2.48. The number of hydrogen-bond donors (Lipinski definition) is 3. The zero-order valence-corrected chi connectivity index (χ0v) is 8.62. The largest absolute Gasteiger partial charge is 0.396 e. The van der Waals surface area contributed by atoms with Crippen molar-refractivity contribution < 1.29 is 15.3 Å². The van der Waals surface area contributed by atoms with Crippen LogP contribution in [0.15, 0.2) is 0 Å². The third kappa shape index (κ3) is 1.87. The van der Waals surface area contributed by atoms with E-state index < -0.39 is 17.6 Å². The zero-order valence-electron chi connectivity index (χ0n) is 8.62. The predicted octanol–water partition coefficient (Wildman–Crippen LogP) is 0.527. The summed E-state index contributed by atoms with van der Waals surface area (Å²) in [6.45, 7) is 5.78. The van der Waals surface area contributed by atoms with E-state index in [0.717, 1.165) is 0 Å². The van der Waals surface area contributed by atoms with E-state index in [-0.39, 0.29) is 12.0 Å². The molecule has 0 aromatic heterocycles. The quantitative estimate of drug-likeness (QED) is 0.562. The van der Waals surface area contributed by atoms with Crippen LogP contribution in [0.3, 0.4) is 0 Å². The summed E-state index contributed by atoms with van der Waals surface area (Å²) in [4.78, 5) is 0. The summed E-state index contributed by atoms with van der Waals surface area (Å²) in [7, 11) is 0. The second-order valence-corrected chi connectivity index (χ2v) is 5.24. The van der Waals surface area contributed by atoms with Gasteiger partial charge in [-0.25, -0.2) is 0 Å². The van der Waals surface area contributed by atoms with Crippen molar-refractivity contribution in [2.45, 2.75) is 45.8 Å². The maximum Gasteiger partial charge on any atom is 0.0640 e. The molecule has 1 aliphatic carbocycles. The molecule has 0 saturated heterocycles. The van der Waals surface area contributed by atoms with Crippen LogP contribution in [0.25, 0.3) is 0 Å². The van der Waals surface area contributed by atoms with E-state index in [1.54, 1.807) is 0 Å². The Morgan fingerprint density at radius 2 is 1.69 bits per heavy atom. The third-order valence-corrected chi connectivity index (χ3v) is 3.37. The summed E-state index contributed by atoms with van der Waals surface area (Å²) in [5, 5.41) is 28.6. The van der Waals surface area contributed by atoms with E-state index in [9.17, 15) is 15.3 Å². The normalized spacial score (nSPS) is 44.8. The van der Waals surface area contributed by atoms with Gasteiger partial charge < -0.3 is 15.3 Å². The maximum atomic E-state index is 9.71. The summed E-state index contributed by atoms with van der Waals surface area (Å²) < 4.78 is 0. The van der Waals surface area contributed by atoms with Gasteiger partial charge in [-0.3, -0.25) is 0 Å². The van der Waals surface area contributed by atoms with E-state index >= 15 is 0 Å². The molecule has 0 bridgehead atoms. The molecule has 0 spiro atoms. The fourth-order valence-electron chi connectivity index (χ4n) is 2.25. The smallest absolute Gasteiger partial charge is 0.0640 e. The first-order chi connectivity index (χ1) is 5.82. The van der Waals surface area contributed by atoms with Gasteiger partial charge in [0.1, 0.15) is 0 Å². The molecule has 0 radical (unpaired) electrons. The lowest BCUT2D eigenvalue weighted by molar-refractivity contribution is -0.127. The highest BCUT2D eigenvalue weighted by Gasteiger charge is 2.47. The lowest BCUT2D eigenvalue weighted by Crippen LogP contribution is -2.51. The minimum Gasteiger partial charge on any atom is -0.396 e. The molecule has 1 rings (SSSR count). The Balaban J connectivity index is 2.82. The predicted molar refractivity (Wildman–Crippen MR) is 50.2 cm³/mol. The Morgan fingerprint density at radius 3 is 2.15 bits per heavy atom. The van der Waals surface area contributed by atoms with Gasteiger partial charge in [0.25, 0.3) is 0 Å². The van der Waals surface area contributed by atoms with Gasteiger partial charge >= 0.3 is 0 Å². The molecule has 0 aromatic carbocycles. The number of aliphatic hydroxyl groups is 3. The molecule has 0 aliphatic heterocycles. The van der Waals surface area contributed by atoms with E-state index in [1.165, 1.54) is 0 Å². The molecule has 0 heterocycles. The van der Waals surface area contributed by atoms with E-state index in [1.807, 2.05) is 20.8 Å². The summed E-state index contributed by atoms with van der Waals surface area (Å²) in [5.41, 5.74) is -0.667. The van der Waals surface area contributed by atoms with Crippen molar-refractivity contribution in [2.24, 2.45) is 10.8 Å².